The Bertz CT molecular complexity index is 539. The molecule has 0 amide bonds. The number of nitrogens with zero attached hydrogens (tertiary/aromatic N) is 1. The van der Waals surface area contributed by atoms with E-state index in [0.717, 1.165) is 15.4 Å². The summed E-state index contributed by atoms with van der Waals surface area (Å²) in [6, 6.07) is 7.15. The second-order valence-corrected chi connectivity index (χ2v) is 4.89. The first-order valence-corrected chi connectivity index (χ1v) is 6.41. The molecule has 18 heavy (non-hydrogen) atoms. The first-order valence-electron chi connectivity index (χ1n) is 5.21. The van der Waals surface area contributed by atoms with Crippen LogP contribution >= 0.6 is 23.1 Å². The lowest BCUT2D eigenvalue weighted by atomic mass is 10.1. The molecule has 0 saturated heterocycles. The predicted octanol–water partition coefficient (Wildman–Crippen LogP) is 2.84. The van der Waals surface area contributed by atoms with E-state index in [2.05, 4.69) is 14.6 Å². The highest BCUT2D eigenvalue weighted by atomic mass is 35.5. The largest absolute Gasteiger partial charge is 0.465 e. The zero-order valence-corrected chi connectivity index (χ0v) is 11.2. The molecule has 1 aromatic carbocycles. The predicted molar refractivity (Wildman–Crippen MR) is 71.6 cm³/mol. The lowest BCUT2D eigenvalue weighted by Crippen LogP contribution is -2.00. The molecule has 0 aliphatic carbocycles. The third-order valence-corrected chi connectivity index (χ3v) is 3.53. The molecular weight excluding hydrogens is 272 g/mol. The van der Waals surface area contributed by atoms with E-state index in [4.69, 9.17) is 11.8 Å². The molecule has 2 aromatic rings. The Kier molecular flexibility index (Phi) is 4.30. The molecule has 0 radical (unpaired) electrons. The molecule has 0 aliphatic heterocycles. The molecule has 0 atom stereocenters. The van der Waals surface area contributed by atoms with Gasteiger partial charge in [0.1, 0.15) is 5.01 Å². The van der Waals surface area contributed by atoms with Crippen LogP contribution in [0.25, 0.3) is 10.6 Å². The molecule has 1 N–H and O–H groups in total. The van der Waals surface area contributed by atoms with Gasteiger partial charge in [0, 0.05) is 23.2 Å². The minimum atomic E-state index is -0.340. The molecule has 2 rings (SSSR count). The van der Waals surface area contributed by atoms with Crippen molar-refractivity contribution in [3.8, 4) is 10.6 Å². The van der Waals surface area contributed by atoms with Crippen LogP contribution in [-0.4, -0.2) is 18.1 Å². The van der Waals surface area contributed by atoms with Gasteiger partial charge in [-0.15, -0.1) is 11.3 Å². The summed E-state index contributed by atoms with van der Waals surface area (Å²) in [6.07, 6.45) is 1.78. The first kappa shape index (κ1) is 13.0. The van der Waals surface area contributed by atoms with E-state index in [9.17, 15) is 4.79 Å². The summed E-state index contributed by atoms with van der Waals surface area (Å²) in [6.45, 7) is 0.583. The van der Waals surface area contributed by atoms with Crippen molar-refractivity contribution in [3.63, 3.8) is 0 Å². The summed E-state index contributed by atoms with van der Waals surface area (Å²) in [5.74, 6) is -0.340. The lowest BCUT2D eigenvalue weighted by Gasteiger charge is -2.00. The summed E-state index contributed by atoms with van der Waals surface area (Å²) in [5, 5.41) is 0.897. The smallest absolute Gasteiger partial charge is 0.337 e. The summed E-state index contributed by atoms with van der Waals surface area (Å²) in [4.78, 5) is 19.2. The molecule has 0 bridgehead atoms. The van der Waals surface area contributed by atoms with Gasteiger partial charge in [-0.05, 0) is 23.9 Å². The van der Waals surface area contributed by atoms with Crippen molar-refractivity contribution in [1.82, 2.24) is 9.82 Å². The van der Waals surface area contributed by atoms with E-state index in [1.807, 2.05) is 12.1 Å². The highest BCUT2D eigenvalue weighted by molar-refractivity contribution is 7.15. The Balaban J connectivity index is 2.20. The molecule has 0 aliphatic rings. The van der Waals surface area contributed by atoms with Crippen molar-refractivity contribution < 1.29 is 9.53 Å². The van der Waals surface area contributed by atoms with Gasteiger partial charge in [0.15, 0.2) is 0 Å². The fraction of sp³-hybridized carbons (Fsp3) is 0.167. The fourth-order valence-corrected chi connectivity index (χ4v) is 2.54. The molecule has 94 valence electrons. The van der Waals surface area contributed by atoms with Crippen molar-refractivity contribution in [3.05, 3.63) is 40.9 Å². The Hall–Kier alpha value is -1.43. The topological polar surface area (TPSA) is 51.2 Å². The molecule has 0 fully saturated rings. The first-order chi connectivity index (χ1) is 8.74. The zero-order chi connectivity index (χ0) is 13.0. The van der Waals surface area contributed by atoms with E-state index in [1.165, 1.54) is 7.11 Å². The fourth-order valence-electron chi connectivity index (χ4n) is 1.46. The molecule has 1 aromatic heterocycles. The van der Waals surface area contributed by atoms with Crippen LogP contribution in [0, 0.1) is 0 Å². The van der Waals surface area contributed by atoms with Crippen molar-refractivity contribution in [2.45, 2.75) is 6.54 Å². The van der Waals surface area contributed by atoms with Crippen molar-refractivity contribution in [2.24, 2.45) is 0 Å². The van der Waals surface area contributed by atoms with Gasteiger partial charge < -0.3 is 4.74 Å². The quantitative estimate of drug-likeness (QED) is 0.692. The number of esters is 1. The Morgan fingerprint density at radius 3 is 2.78 bits per heavy atom. The molecule has 0 unspecified atom stereocenters. The second-order valence-electron chi connectivity index (χ2n) is 3.51. The average molecular weight is 283 g/mol. The number of thiazole rings is 1. The lowest BCUT2D eigenvalue weighted by molar-refractivity contribution is 0.0601. The van der Waals surface area contributed by atoms with Gasteiger partial charge in [0.2, 0.25) is 0 Å². The number of aromatic nitrogens is 1. The molecular formula is C12H11ClN2O2S. The number of hydrogen-bond acceptors (Lipinski definition) is 5. The van der Waals surface area contributed by atoms with Crippen LogP contribution in [0.5, 0.6) is 0 Å². The number of rotatable bonds is 4. The van der Waals surface area contributed by atoms with Crippen LogP contribution in [0.3, 0.4) is 0 Å². The number of hydrogen-bond donors (Lipinski definition) is 1. The number of methoxy groups -OCH3 is 1. The molecule has 0 saturated carbocycles. The summed E-state index contributed by atoms with van der Waals surface area (Å²) >= 11 is 7.00. The molecule has 0 spiro atoms. The highest BCUT2D eigenvalue weighted by Gasteiger charge is 2.07. The van der Waals surface area contributed by atoms with Gasteiger partial charge in [-0.2, -0.15) is 0 Å². The van der Waals surface area contributed by atoms with Crippen LogP contribution in [0.4, 0.5) is 0 Å². The van der Waals surface area contributed by atoms with Gasteiger partial charge in [-0.1, -0.05) is 12.1 Å². The number of ether oxygens (including phenoxy) is 1. The van der Waals surface area contributed by atoms with E-state index < -0.39 is 0 Å². The van der Waals surface area contributed by atoms with E-state index in [-0.39, 0.29) is 5.97 Å². The van der Waals surface area contributed by atoms with Gasteiger partial charge in [-0.25, -0.2) is 14.6 Å². The SMILES string of the molecule is COC(=O)c1ccc(-c2ncc(CNCl)s2)cc1. The Morgan fingerprint density at radius 1 is 1.44 bits per heavy atom. The Morgan fingerprint density at radius 2 is 2.17 bits per heavy atom. The van der Waals surface area contributed by atoms with Crippen LogP contribution in [0.15, 0.2) is 30.5 Å². The number of carbonyl (C=O) groups is 1. The molecule has 6 heteroatoms. The van der Waals surface area contributed by atoms with Crippen LogP contribution < -0.4 is 4.84 Å². The van der Waals surface area contributed by atoms with Crippen molar-refractivity contribution >= 4 is 29.1 Å². The van der Waals surface area contributed by atoms with Gasteiger partial charge in [0.05, 0.1) is 12.7 Å². The van der Waals surface area contributed by atoms with Crippen LogP contribution in [-0.2, 0) is 11.3 Å². The minimum Gasteiger partial charge on any atom is -0.465 e. The minimum absolute atomic E-state index is 0.340. The number of benzene rings is 1. The second kappa shape index (κ2) is 5.95. The molecule has 1 heterocycles. The van der Waals surface area contributed by atoms with Gasteiger partial charge in [-0.3, -0.25) is 0 Å². The maximum absolute atomic E-state index is 11.3. The standard InChI is InChI=1S/C12H11ClN2O2S/c1-17-12(16)9-4-2-8(3-5-9)11-14-6-10(18-11)7-15-13/h2-6,15H,7H2,1H3. The van der Waals surface area contributed by atoms with E-state index >= 15 is 0 Å². The van der Waals surface area contributed by atoms with E-state index in [1.54, 1.807) is 29.7 Å². The third kappa shape index (κ3) is 2.87. The monoisotopic (exact) mass is 282 g/mol. The van der Waals surface area contributed by atoms with Crippen molar-refractivity contribution in [1.29, 1.82) is 0 Å². The van der Waals surface area contributed by atoms with Gasteiger partial charge >= 0.3 is 5.97 Å². The molecule has 4 nitrogen and oxygen atoms in total. The van der Waals surface area contributed by atoms with E-state index in [0.29, 0.717) is 12.1 Å². The zero-order valence-electron chi connectivity index (χ0n) is 9.64. The van der Waals surface area contributed by atoms with Crippen LogP contribution in [0.1, 0.15) is 15.2 Å². The summed E-state index contributed by atoms with van der Waals surface area (Å²) in [7, 11) is 1.36. The Labute approximate surface area is 114 Å². The summed E-state index contributed by atoms with van der Waals surface area (Å²) < 4.78 is 4.64. The normalized spacial score (nSPS) is 10.3. The summed E-state index contributed by atoms with van der Waals surface area (Å²) in [5.41, 5.74) is 1.49. The number of carbonyl (C=O) groups excluding carboxylic acids is 1. The average Bonchev–Trinajstić information content (AvgIpc) is 2.87. The number of nitrogens with one attached hydrogen (secondary N) is 1. The van der Waals surface area contributed by atoms with Gasteiger partial charge in [0.25, 0.3) is 0 Å². The number of halogens is 1. The van der Waals surface area contributed by atoms with Crippen LogP contribution in [0.2, 0.25) is 0 Å². The highest BCUT2D eigenvalue weighted by Crippen LogP contribution is 2.25. The maximum atomic E-state index is 11.3. The maximum Gasteiger partial charge on any atom is 0.337 e. The van der Waals surface area contributed by atoms with Crippen molar-refractivity contribution in [2.75, 3.05) is 7.11 Å². The third-order valence-electron chi connectivity index (χ3n) is 2.35.